The molecule has 8 N–H and O–H groups in total. The largest absolute Gasteiger partial charge is 0.393 e. The van der Waals surface area contributed by atoms with E-state index in [1.807, 2.05) is 0 Å². The van der Waals surface area contributed by atoms with Gasteiger partial charge in [0.25, 0.3) is 0 Å². The summed E-state index contributed by atoms with van der Waals surface area (Å²) in [7, 11) is 0. The second kappa shape index (κ2) is 44.6. The van der Waals surface area contributed by atoms with E-state index in [2.05, 4.69) is 270 Å². The number of hydrogen-bond acceptors (Lipinski definition) is 8. The highest BCUT2D eigenvalue weighted by atomic mass is 16.3. The average molecular weight is 1460 g/mol. The molecule has 0 heterocycles. The van der Waals surface area contributed by atoms with Crippen LogP contribution in [0.1, 0.15) is 376 Å². The normalized spacial score (nSPS) is 40.1. The molecule has 8 heteroatoms. The molecule has 0 aliphatic heterocycles. The fraction of sp³-hybridized carbons (Fsp3) is 0.833. The lowest BCUT2D eigenvalue weighted by molar-refractivity contribution is -0.00876. The van der Waals surface area contributed by atoms with Gasteiger partial charge < -0.3 is 40.9 Å². The van der Waals surface area contributed by atoms with Gasteiger partial charge in [-0.25, -0.2) is 0 Å². The van der Waals surface area contributed by atoms with E-state index in [1.54, 1.807) is 0 Å². The fourth-order valence-electron chi connectivity index (χ4n) is 20.0. The Morgan fingerprint density at radius 1 is 0.269 bits per heavy atom. The molecule has 0 aromatic carbocycles. The molecule has 8 rings (SSSR count). The highest BCUT2D eigenvalue weighted by Crippen LogP contribution is 2.48. The molecule has 0 radical (unpaired) electrons. The van der Waals surface area contributed by atoms with Crippen molar-refractivity contribution in [3.05, 3.63) is 93.2 Å². The van der Waals surface area contributed by atoms with Crippen LogP contribution in [0.15, 0.2) is 93.2 Å². The van der Waals surface area contributed by atoms with Crippen molar-refractivity contribution in [1.82, 2.24) is 0 Å². The predicted octanol–water partition coefficient (Wildman–Crippen LogP) is 25.1. The third-order valence-corrected chi connectivity index (χ3v) is 25.6. The number of allylic oxidation sites excluding steroid dienone is 14. The molecular weight excluding hydrogens is 1280 g/mol. The van der Waals surface area contributed by atoms with E-state index in [4.69, 9.17) is 0 Å². The van der Waals surface area contributed by atoms with Crippen LogP contribution in [0, 0.1) is 90.7 Å². The molecule has 0 aromatic heterocycles. The molecule has 24 atom stereocenters. The highest BCUT2D eigenvalue weighted by molar-refractivity contribution is 5.14. The first kappa shape index (κ1) is 99.6. The summed E-state index contributed by atoms with van der Waals surface area (Å²) in [6, 6.07) is 0. The monoisotopic (exact) mass is 1460 g/mol. The van der Waals surface area contributed by atoms with Crippen LogP contribution in [0.25, 0.3) is 0 Å². The number of aliphatic hydroxyl groups is 8. The Morgan fingerprint density at radius 2 is 0.712 bits per heavy atom. The van der Waals surface area contributed by atoms with Crippen LogP contribution in [-0.2, 0) is 0 Å². The molecule has 0 spiro atoms. The van der Waals surface area contributed by atoms with E-state index in [1.165, 1.54) is 83.1 Å². The zero-order valence-electron chi connectivity index (χ0n) is 74.4. The first-order valence-electron chi connectivity index (χ1n) is 42.2. The Morgan fingerprint density at radius 3 is 1.19 bits per heavy atom. The Labute approximate surface area is 645 Å². The summed E-state index contributed by atoms with van der Waals surface area (Å²) in [6.07, 6.45) is 43.7. The van der Waals surface area contributed by atoms with E-state index in [0.29, 0.717) is 58.2 Å². The van der Waals surface area contributed by atoms with Gasteiger partial charge in [0.1, 0.15) is 0 Å². The van der Waals surface area contributed by atoms with Crippen molar-refractivity contribution >= 4 is 0 Å². The van der Waals surface area contributed by atoms with E-state index >= 15 is 0 Å². The zero-order valence-corrected chi connectivity index (χ0v) is 74.4. The van der Waals surface area contributed by atoms with Crippen molar-refractivity contribution in [1.29, 1.82) is 0 Å². The summed E-state index contributed by atoms with van der Waals surface area (Å²) in [5.74, 6) is 4.44. The summed E-state index contributed by atoms with van der Waals surface area (Å²) in [5, 5.41) is 78.2. The maximum Gasteiger partial charge on any atom is 0.0653 e. The number of hydrogen-bond donors (Lipinski definition) is 8. The van der Waals surface area contributed by atoms with Crippen LogP contribution < -0.4 is 0 Å². The van der Waals surface area contributed by atoms with Gasteiger partial charge in [-0.15, -0.1) is 0 Å². The molecule has 0 amide bonds. The van der Waals surface area contributed by atoms with Gasteiger partial charge >= 0.3 is 0 Å². The van der Waals surface area contributed by atoms with Gasteiger partial charge in [0, 0.05) is 10.8 Å². The van der Waals surface area contributed by atoms with Gasteiger partial charge in [-0.1, -0.05) is 217 Å². The molecule has 8 fully saturated rings. The van der Waals surface area contributed by atoms with Gasteiger partial charge in [0.05, 0.1) is 48.8 Å². The summed E-state index contributed by atoms with van der Waals surface area (Å²) < 4.78 is 0. The third-order valence-electron chi connectivity index (χ3n) is 25.6. The van der Waals surface area contributed by atoms with E-state index in [9.17, 15) is 40.9 Å². The Hall–Kier alpha value is -2.40. The van der Waals surface area contributed by atoms with Crippen LogP contribution in [0.4, 0.5) is 0 Å². The summed E-state index contributed by atoms with van der Waals surface area (Å²) in [5.41, 5.74) is 12.5. The first-order valence-corrected chi connectivity index (χ1v) is 42.2. The minimum absolute atomic E-state index is 0.0243. The lowest BCUT2D eigenvalue weighted by atomic mass is 9.66. The van der Waals surface area contributed by atoms with E-state index in [-0.39, 0.29) is 81.3 Å². The highest BCUT2D eigenvalue weighted by Gasteiger charge is 2.42. The molecule has 24 unspecified atom stereocenters. The Kier molecular flexibility index (Phi) is 42.7. The third kappa shape index (κ3) is 36.2. The summed E-state index contributed by atoms with van der Waals surface area (Å²) >= 11 is 0. The van der Waals surface area contributed by atoms with Crippen molar-refractivity contribution in [2.75, 3.05) is 0 Å². The lowest BCUT2D eigenvalue weighted by Gasteiger charge is -2.41. The molecule has 8 nitrogen and oxygen atoms in total. The molecule has 8 saturated carbocycles. The Balaban J connectivity index is 0.000000594. The predicted molar refractivity (Wildman–Crippen MR) is 452 cm³/mol. The maximum absolute atomic E-state index is 10.1. The van der Waals surface area contributed by atoms with Crippen LogP contribution in [-0.4, -0.2) is 89.7 Å². The topological polar surface area (TPSA) is 162 Å². The van der Waals surface area contributed by atoms with Crippen LogP contribution in [0.3, 0.4) is 0 Å². The van der Waals surface area contributed by atoms with Crippen LogP contribution >= 0.6 is 0 Å². The standard InChI is InChI=1S/8C12H22O/c1-9(2)6-12(4)7-10(3)5-11(13)8-12;1-9(2)8-12(4)6-5-11(13)7-10(12)3;1-9(2)8-12(4)6-5-10(3)7-11(12)13;1-9(2)7-12(4)6-5-11(13)10(3)8-12;1-9(2)7-12(4)6-5-10(3)11(13)8-12;1-9(2)7-12(4)8-11(13)6-5-10(12)3;1-9(2)8-12(4)7-5-6-11(13)10(12)3;1-9(2)8-12(4)7-5-6-10(3)11(12)13/h6,10-11,13H,5,7-8H2,1-4H3;2*8,10-11,13H,5-7H2,1-4H3;3*7,10-11,13H,5-6,8H2,1-4H3;2*8,10-11,13H,5-7H2,1-4H3. The molecule has 0 aromatic rings. The van der Waals surface area contributed by atoms with E-state index in [0.717, 1.165) is 116 Å². The van der Waals surface area contributed by atoms with Gasteiger partial charge in [-0.2, -0.15) is 0 Å². The minimum Gasteiger partial charge on any atom is -0.393 e. The second-order valence-corrected chi connectivity index (χ2v) is 40.9. The lowest BCUT2D eigenvalue weighted by Crippen LogP contribution is -2.39. The van der Waals surface area contributed by atoms with Gasteiger partial charge in [-0.3, -0.25) is 0 Å². The van der Waals surface area contributed by atoms with Gasteiger partial charge in [0.2, 0.25) is 0 Å². The van der Waals surface area contributed by atoms with Crippen molar-refractivity contribution in [2.24, 2.45) is 90.7 Å². The molecule has 0 bridgehead atoms. The molecule has 8 aliphatic rings. The van der Waals surface area contributed by atoms with Crippen molar-refractivity contribution in [3.8, 4) is 0 Å². The average Bonchev–Trinajstić information content (AvgIpc) is 0.838. The smallest absolute Gasteiger partial charge is 0.0653 e. The van der Waals surface area contributed by atoms with Crippen molar-refractivity contribution < 1.29 is 40.9 Å². The zero-order chi connectivity index (χ0) is 80.5. The van der Waals surface area contributed by atoms with Crippen LogP contribution in [0.2, 0.25) is 0 Å². The number of rotatable bonds is 8. The van der Waals surface area contributed by atoms with Crippen molar-refractivity contribution in [3.63, 3.8) is 0 Å². The Bertz CT molecular complexity index is 2550. The number of aliphatic hydroxyl groups excluding tert-OH is 8. The van der Waals surface area contributed by atoms with E-state index < -0.39 is 0 Å². The molecule has 0 saturated heterocycles. The fourth-order valence-corrected chi connectivity index (χ4v) is 20.0. The summed E-state index contributed by atoms with van der Waals surface area (Å²) in [4.78, 5) is 0. The first-order chi connectivity index (χ1) is 47.5. The molecule has 8 aliphatic carbocycles. The molecule has 104 heavy (non-hydrogen) atoms. The van der Waals surface area contributed by atoms with Gasteiger partial charge in [0.15, 0.2) is 0 Å². The quantitative estimate of drug-likeness (QED) is 0.111. The van der Waals surface area contributed by atoms with Gasteiger partial charge in [-0.05, 0) is 332 Å². The SMILES string of the molecule is CC(C)=CC1(C)CC(C)CC(O)C1.CC(C)=CC1(C)CC(O)CCC1C.CC(C)=CC1(C)CCC(C)C(O)C1.CC(C)=CC1(C)CCC(C)CC1O.CC(C)=CC1(C)CCC(O)C(C)C1.CC(C)=CC1(C)CCC(O)CC1C.CC(C)=CC1(C)CCCC(C)C1O.CC(C)=CC1(C)CCCC(O)C1C. The van der Waals surface area contributed by atoms with Crippen LogP contribution in [0.5, 0.6) is 0 Å². The van der Waals surface area contributed by atoms with Crippen molar-refractivity contribution in [2.45, 2.75) is 424 Å². The minimum atomic E-state index is -0.156. The second-order valence-electron chi connectivity index (χ2n) is 40.9. The molecular formula is C96H176O8. The summed E-state index contributed by atoms with van der Waals surface area (Å²) in [6.45, 7) is 69.8. The maximum atomic E-state index is 10.1. The molecule has 608 valence electrons.